The van der Waals surface area contributed by atoms with Crippen molar-refractivity contribution in [1.29, 1.82) is 0 Å². The Morgan fingerprint density at radius 2 is 2.23 bits per heavy atom. The maximum absolute atomic E-state index is 12.3. The molecule has 0 unspecified atom stereocenters. The van der Waals surface area contributed by atoms with Gasteiger partial charge in [0.15, 0.2) is 6.29 Å². The summed E-state index contributed by atoms with van der Waals surface area (Å²) >= 11 is 5.61. The molecule has 0 aliphatic rings. The van der Waals surface area contributed by atoms with Gasteiger partial charge in [0.1, 0.15) is 11.4 Å². The van der Waals surface area contributed by atoms with Crippen LogP contribution in [0.15, 0.2) is 6.07 Å². The van der Waals surface area contributed by atoms with E-state index in [-0.39, 0.29) is 16.3 Å². The highest BCUT2D eigenvalue weighted by molar-refractivity contribution is 6.31. The van der Waals surface area contributed by atoms with Crippen molar-refractivity contribution in [3.8, 4) is 0 Å². The number of pyridine rings is 1. The molecule has 0 aliphatic carbocycles. The zero-order valence-electron chi connectivity index (χ0n) is 6.72. The predicted octanol–water partition coefficient (Wildman–Crippen LogP) is 2.79. The summed E-state index contributed by atoms with van der Waals surface area (Å²) in [6.07, 6.45) is -2.32. The maximum Gasteiger partial charge on any atom is 0.280 e. The van der Waals surface area contributed by atoms with Crippen LogP contribution in [-0.4, -0.2) is 11.3 Å². The molecule has 1 aromatic heterocycles. The van der Waals surface area contributed by atoms with Crippen LogP contribution in [0.5, 0.6) is 0 Å². The van der Waals surface area contributed by atoms with Crippen LogP contribution in [0, 0.1) is 6.92 Å². The van der Waals surface area contributed by atoms with Gasteiger partial charge < -0.3 is 0 Å². The lowest BCUT2D eigenvalue weighted by Crippen LogP contribution is -1.99. The number of carbonyl (C=O) groups is 1. The minimum absolute atomic E-state index is 0.0779. The van der Waals surface area contributed by atoms with E-state index in [1.807, 2.05) is 0 Å². The maximum atomic E-state index is 12.3. The largest absolute Gasteiger partial charge is 0.296 e. The molecule has 1 heterocycles. The molecule has 2 nitrogen and oxygen atoms in total. The van der Waals surface area contributed by atoms with E-state index in [1.165, 1.54) is 13.0 Å². The minimum Gasteiger partial charge on any atom is -0.296 e. The van der Waals surface area contributed by atoms with Crippen molar-refractivity contribution in [2.75, 3.05) is 0 Å². The Hall–Kier alpha value is -1.03. The Morgan fingerprint density at radius 1 is 1.62 bits per heavy atom. The average molecular weight is 206 g/mol. The van der Waals surface area contributed by atoms with E-state index in [1.54, 1.807) is 0 Å². The molecule has 0 amide bonds. The Morgan fingerprint density at radius 3 is 2.69 bits per heavy atom. The van der Waals surface area contributed by atoms with Gasteiger partial charge in [-0.05, 0) is 18.6 Å². The second-order valence-electron chi connectivity index (χ2n) is 2.46. The number of aldehydes is 1. The molecule has 0 atom stereocenters. The lowest BCUT2D eigenvalue weighted by Gasteiger charge is -2.05. The van der Waals surface area contributed by atoms with Crippen molar-refractivity contribution in [1.82, 2.24) is 4.98 Å². The van der Waals surface area contributed by atoms with Crippen molar-refractivity contribution in [3.63, 3.8) is 0 Å². The third-order valence-electron chi connectivity index (χ3n) is 1.59. The van der Waals surface area contributed by atoms with Crippen LogP contribution in [-0.2, 0) is 0 Å². The molecule has 0 fully saturated rings. The minimum atomic E-state index is -2.71. The summed E-state index contributed by atoms with van der Waals surface area (Å²) < 4.78 is 24.6. The van der Waals surface area contributed by atoms with Crippen molar-refractivity contribution in [2.24, 2.45) is 0 Å². The van der Waals surface area contributed by atoms with E-state index in [9.17, 15) is 13.6 Å². The molecule has 0 radical (unpaired) electrons. The number of nitrogens with zero attached hydrogens (tertiary/aromatic N) is 1. The van der Waals surface area contributed by atoms with Crippen molar-refractivity contribution in [2.45, 2.75) is 13.3 Å². The topological polar surface area (TPSA) is 30.0 Å². The van der Waals surface area contributed by atoms with Crippen LogP contribution < -0.4 is 0 Å². The molecule has 13 heavy (non-hydrogen) atoms. The number of hydrogen-bond donors (Lipinski definition) is 0. The first-order chi connectivity index (χ1) is 6.06. The first-order valence-electron chi connectivity index (χ1n) is 3.46. The Bertz CT molecular complexity index is 341. The van der Waals surface area contributed by atoms with Gasteiger partial charge >= 0.3 is 0 Å². The van der Waals surface area contributed by atoms with E-state index < -0.39 is 12.1 Å². The quantitative estimate of drug-likeness (QED) is 0.695. The van der Waals surface area contributed by atoms with E-state index in [2.05, 4.69) is 4.98 Å². The zero-order valence-corrected chi connectivity index (χ0v) is 7.48. The van der Waals surface area contributed by atoms with Gasteiger partial charge in [0.25, 0.3) is 6.43 Å². The summed E-state index contributed by atoms with van der Waals surface area (Å²) in [6.45, 7) is 1.44. The highest BCUT2D eigenvalue weighted by Crippen LogP contribution is 2.26. The third-order valence-corrected chi connectivity index (χ3v) is 1.99. The standard InChI is InChI=1S/C8H6ClF2NO/c1-4-6(9)2-5(3-13)12-7(4)8(10)11/h2-3,8H,1H3. The van der Waals surface area contributed by atoms with Crippen LogP contribution in [0.3, 0.4) is 0 Å². The second kappa shape index (κ2) is 3.79. The van der Waals surface area contributed by atoms with E-state index in [0.717, 1.165) is 0 Å². The lowest BCUT2D eigenvalue weighted by molar-refractivity contribution is 0.111. The van der Waals surface area contributed by atoms with Gasteiger partial charge in [-0.25, -0.2) is 13.8 Å². The molecular formula is C8H6ClF2NO. The first-order valence-corrected chi connectivity index (χ1v) is 3.84. The summed E-state index contributed by atoms with van der Waals surface area (Å²) in [4.78, 5) is 13.7. The monoisotopic (exact) mass is 205 g/mol. The molecule has 1 rings (SSSR count). The van der Waals surface area contributed by atoms with Crippen molar-refractivity contribution in [3.05, 3.63) is 28.0 Å². The van der Waals surface area contributed by atoms with Crippen LogP contribution in [0.25, 0.3) is 0 Å². The SMILES string of the molecule is Cc1c(Cl)cc(C=O)nc1C(F)F. The number of carbonyl (C=O) groups excluding carboxylic acids is 1. The number of aromatic nitrogens is 1. The zero-order chi connectivity index (χ0) is 10.0. The van der Waals surface area contributed by atoms with Crippen LogP contribution in [0.4, 0.5) is 8.78 Å². The fourth-order valence-corrected chi connectivity index (χ4v) is 1.10. The summed E-state index contributed by atoms with van der Waals surface area (Å²) in [5.41, 5.74) is -0.303. The van der Waals surface area contributed by atoms with Crippen LogP contribution >= 0.6 is 11.6 Å². The Kier molecular flexibility index (Phi) is 2.93. The van der Waals surface area contributed by atoms with Crippen LogP contribution in [0.2, 0.25) is 5.02 Å². The van der Waals surface area contributed by atoms with Gasteiger partial charge in [0, 0.05) is 5.02 Å². The van der Waals surface area contributed by atoms with Crippen molar-refractivity contribution < 1.29 is 13.6 Å². The molecule has 0 saturated carbocycles. The second-order valence-corrected chi connectivity index (χ2v) is 2.86. The normalized spacial score (nSPS) is 10.5. The molecular weight excluding hydrogens is 200 g/mol. The first kappa shape index (κ1) is 10.1. The molecule has 1 aromatic rings. The van der Waals surface area contributed by atoms with Crippen molar-refractivity contribution >= 4 is 17.9 Å². The molecule has 5 heteroatoms. The smallest absolute Gasteiger partial charge is 0.280 e. The number of halogens is 3. The van der Waals surface area contributed by atoms with Gasteiger partial charge in [-0.2, -0.15) is 0 Å². The predicted molar refractivity (Wildman–Crippen MR) is 44.3 cm³/mol. The molecule has 0 N–H and O–H groups in total. The molecule has 0 spiro atoms. The van der Waals surface area contributed by atoms with Gasteiger partial charge in [-0.3, -0.25) is 4.79 Å². The lowest BCUT2D eigenvalue weighted by atomic mass is 10.2. The van der Waals surface area contributed by atoms with Gasteiger partial charge in [0.2, 0.25) is 0 Å². The summed E-state index contributed by atoms with van der Waals surface area (Å²) in [5.74, 6) is 0. The number of alkyl halides is 2. The highest BCUT2D eigenvalue weighted by atomic mass is 35.5. The van der Waals surface area contributed by atoms with E-state index in [0.29, 0.717) is 6.29 Å². The number of hydrogen-bond acceptors (Lipinski definition) is 2. The fraction of sp³-hybridized carbons (Fsp3) is 0.250. The molecule has 70 valence electrons. The summed E-state index contributed by atoms with van der Waals surface area (Å²) in [5, 5.41) is 0.132. The number of rotatable bonds is 2. The molecule has 0 aliphatic heterocycles. The summed E-state index contributed by atoms with van der Waals surface area (Å²) in [6, 6.07) is 1.26. The average Bonchev–Trinajstić information content (AvgIpc) is 2.09. The molecule has 0 bridgehead atoms. The van der Waals surface area contributed by atoms with Crippen LogP contribution in [0.1, 0.15) is 28.2 Å². The Balaban J connectivity index is 3.32. The Labute approximate surface area is 78.5 Å². The fourth-order valence-electron chi connectivity index (χ4n) is 0.888. The van der Waals surface area contributed by atoms with Gasteiger partial charge in [-0.1, -0.05) is 11.6 Å². The summed E-state index contributed by atoms with van der Waals surface area (Å²) in [7, 11) is 0. The van der Waals surface area contributed by atoms with Gasteiger partial charge in [0.05, 0.1) is 0 Å². The van der Waals surface area contributed by atoms with E-state index >= 15 is 0 Å². The highest BCUT2D eigenvalue weighted by Gasteiger charge is 2.15. The van der Waals surface area contributed by atoms with Gasteiger partial charge in [-0.15, -0.1) is 0 Å². The van der Waals surface area contributed by atoms with E-state index in [4.69, 9.17) is 11.6 Å². The molecule has 0 saturated heterocycles. The third kappa shape index (κ3) is 2.01. The molecule has 0 aromatic carbocycles.